The number of carbonyl (C=O) groups excluding carboxylic acids is 2. The van der Waals surface area contributed by atoms with E-state index in [-0.39, 0.29) is 5.91 Å². The van der Waals surface area contributed by atoms with Crippen molar-refractivity contribution in [1.82, 2.24) is 14.8 Å². The summed E-state index contributed by atoms with van der Waals surface area (Å²) in [5, 5.41) is 7.21. The molecule has 2 aromatic heterocycles. The minimum absolute atomic E-state index is 0.221. The molecular formula is C27H24N4O3. The number of aromatic nitrogens is 3. The number of rotatable bonds is 7. The third-order valence-corrected chi connectivity index (χ3v) is 5.16. The van der Waals surface area contributed by atoms with Crippen LogP contribution >= 0.6 is 0 Å². The molecule has 0 saturated carbocycles. The maximum absolute atomic E-state index is 12.8. The first-order valence-corrected chi connectivity index (χ1v) is 10.9. The van der Waals surface area contributed by atoms with Crippen molar-refractivity contribution in [3.63, 3.8) is 0 Å². The van der Waals surface area contributed by atoms with Gasteiger partial charge in [0.05, 0.1) is 29.9 Å². The summed E-state index contributed by atoms with van der Waals surface area (Å²) in [6.07, 6.45) is 7.10. The molecule has 0 fully saturated rings. The van der Waals surface area contributed by atoms with E-state index >= 15 is 0 Å². The Hall–Kier alpha value is -4.52. The minimum Gasteiger partial charge on any atom is -0.462 e. The van der Waals surface area contributed by atoms with Gasteiger partial charge in [-0.15, -0.1) is 0 Å². The van der Waals surface area contributed by atoms with Crippen molar-refractivity contribution in [3.8, 4) is 5.69 Å². The number of carbonyl (C=O) groups is 2. The van der Waals surface area contributed by atoms with Crippen molar-refractivity contribution in [2.24, 2.45) is 0 Å². The number of anilines is 1. The van der Waals surface area contributed by atoms with Gasteiger partial charge in [0.2, 0.25) is 0 Å². The van der Waals surface area contributed by atoms with Crippen LogP contribution in [0.2, 0.25) is 0 Å². The predicted molar refractivity (Wildman–Crippen MR) is 132 cm³/mol. The van der Waals surface area contributed by atoms with Crippen molar-refractivity contribution >= 4 is 29.7 Å². The van der Waals surface area contributed by atoms with E-state index in [0.717, 1.165) is 16.9 Å². The Balaban J connectivity index is 1.45. The lowest BCUT2D eigenvalue weighted by molar-refractivity contribution is 0.0525. The smallest absolute Gasteiger partial charge is 0.341 e. The average Bonchev–Trinajstić information content (AvgIpc) is 3.25. The molecular weight excluding hydrogens is 428 g/mol. The molecule has 2 aromatic carbocycles. The molecule has 34 heavy (non-hydrogen) atoms. The molecule has 0 radical (unpaired) electrons. The van der Waals surface area contributed by atoms with Crippen LogP contribution in [-0.2, 0) is 4.74 Å². The van der Waals surface area contributed by atoms with Gasteiger partial charge < -0.3 is 10.1 Å². The second-order valence-electron chi connectivity index (χ2n) is 7.49. The number of pyridine rings is 1. The molecule has 4 aromatic rings. The summed E-state index contributed by atoms with van der Waals surface area (Å²) in [7, 11) is 0. The summed E-state index contributed by atoms with van der Waals surface area (Å²) in [4.78, 5) is 29.1. The van der Waals surface area contributed by atoms with Gasteiger partial charge in [0.15, 0.2) is 0 Å². The highest BCUT2D eigenvalue weighted by Crippen LogP contribution is 2.18. The van der Waals surface area contributed by atoms with Gasteiger partial charge in [0.25, 0.3) is 5.91 Å². The number of hydrogen-bond donors (Lipinski definition) is 1. The zero-order valence-electron chi connectivity index (χ0n) is 18.9. The Labute approximate surface area is 197 Å². The van der Waals surface area contributed by atoms with E-state index < -0.39 is 5.97 Å². The van der Waals surface area contributed by atoms with Crippen LogP contribution in [0.3, 0.4) is 0 Å². The molecule has 0 saturated heterocycles. The van der Waals surface area contributed by atoms with E-state index in [9.17, 15) is 9.59 Å². The van der Waals surface area contributed by atoms with Crippen LogP contribution in [0, 0.1) is 6.92 Å². The number of amides is 1. The first-order chi connectivity index (χ1) is 16.5. The lowest BCUT2D eigenvalue weighted by atomic mass is 10.1. The van der Waals surface area contributed by atoms with Gasteiger partial charge in [0, 0.05) is 17.4 Å². The topological polar surface area (TPSA) is 86.1 Å². The van der Waals surface area contributed by atoms with Crippen molar-refractivity contribution in [1.29, 1.82) is 0 Å². The molecule has 7 heteroatoms. The Morgan fingerprint density at radius 2 is 1.85 bits per heavy atom. The molecule has 0 aliphatic carbocycles. The molecule has 0 aliphatic heterocycles. The predicted octanol–water partition coefficient (Wildman–Crippen LogP) is 5.18. The SMILES string of the molecule is CCOC(=O)c1cnn(-c2ccc(C(=O)Nc3cccc(/C=C/c4ccccn4)c3)cc2)c1C. The first-order valence-electron chi connectivity index (χ1n) is 10.9. The van der Waals surface area contributed by atoms with Gasteiger partial charge >= 0.3 is 5.97 Å². The van der Waals surface area contributed by atoms with E-state index in [1.165, 1.54) is 6.20 Å². The summed E-state index contributed by atoms with van der Waals surface area (Å²) >= 11 is 0. The summed E-state index contributed by atoms with van der Waals surface area (Å²) < 4.78 is 6.70. The average molecular weight is 453 g/mol. The van der Waals surface area contributed by atoms with Gasteiger partial charge in [-0.1, -0.05) is 24.3 Å². The number of nitrogens with zero attached hydrogens (tertiary/aromatic N) is 3. The van der Waals surface area contributed by atoms with Crippen LogP contribution in [0.4, 0.5) is 5.69 Å². The van der Waals surface area contributed by atoms with Gasteiger partial charge in [-0.25, -0.2) is 9.48 Å². The van der Waals surface area contributed by atoms with Crippen LogP contribution in [-0.4, -0.2) is 33.2 Å². The molecule has 0 aliphatic rings. The molecule has 7 nitrogen and oxygen atoms in total. The van der Waals surface area contributed by atoms with Crippen LogP contribution in [0.25, 0.3) is 17.8 Å². The summed E-state index contributed by atoms with van der Waals surface area (Å²) in [6, 6.07) is 20.3. The molecule has 1 N–H and O–H groups in total. The van der Waals surface area contributed by atoms with E-state index in [1.807, 2.05) is 54.6 Å². The zero-order chi connectivity index (χ0) is 23.9. The maximum atomic E-state index is 12.8. The summed E-state index contributed by atoms with van der Waals surface area (Å²) in [5.74, 6) is -0.624. The molecule has 0 spiro atoms. The van der Waals surface area contributed by atoms with Gasteiger partial charge in [-0.2, -0.15) is 5.10 Å². The number of hydrogen-bond acceptors (Lipinski definition) is 5. The fourth-order valence-electron chi connectivity index (χ4n) is 3.41. The highest BCUT2D eigenvalue weighted by atomic mass is 16.5. The summed E-state index contributed by atoms with van der Waals surface area (Å²) in [5.41, 5.74) is 4.84. The lowest BCUT2D eigenvalue weighted by Gasteiger charge is -2.09. The van der Waals surface area contributed by atoms with Crippen molar-refractivity contribution < 1.29 is 14.3 Å². The zero-order valence-corrected chi connectivity index (χ0v) is 18.9. The molecule has 2 heterocycles. The minimum atomic E-state index is -0.403. The second-order valence-corrected chi connectivity index (χ2v) is 7.49. The molecule has 0 bridgehead atoms. The number of nitrogens with one attached hydrogen (secondary N) is 1. The number of esters is 1. The Morgan fingerprint density at radius 3 is 2.59 bits per heavy atom. The molecule has 170 valence electrons. The normalized spacial score (nSPS) is 10.9. The lowest BCUT2D eigenvalue weighted by Crippen LogP contribution is -2.12. The van der Waals surface area contributed by atoms with E-state index in [4.69, 9.17) is 4.74 Å². The van der Waals surface area contributed by atoms with E-state index in [2.05, 4.69) is 15.4 Å². The third-order valence-electron chi connectivity index (χ3n) is 5.16. The Bertz CT molecular complexity index is 1330. The molecule has 4 rings (SSSR count). The van der Waals surface area contributed by atoms with Crippen molar-refractivity contribution in [2.75, 3.05) is 11.9 Å². The molecule has 1 amide bonds. The third kappa shape index (κ3) is 5.27. The number of ether oxygens (including phenoxy) is 1. The first kappa shape index (κ1) is 22.7. The Kier molecular flexibility index (Phi) is 6.93. The van der Waals surface area contributed by atoms with Gasteiger partial charge in [-0.05, 0) is 74.0 Å². The van der Waals surface area contributed by atoms with Gasteiger partial charge in [-0.3, -0.25) is 9.78 Å². The summed E-state index contributed by atoms with van der Waals surface area (Å²) in [6.45, 7) is 3.86. The highest BCUT2D eigenvalue weighted by molar-refractivity contribution is 6.04. The van der Waals surface area contributed by atoms with Crippen LogP contribution < -0.4 is 5.32 Å². The Morgan fingerprint density at radius 1 is 1.03 bits per heavy atom. The van der Waals surface area contributed by atoms with E-state index in [1.54, 1.807) is 49.0 Å². The van der Waals surface area contributed by atoms with Crippen LogP contribution in [0.1, 0.15) is 44.6 Å². The van der Waals surface area contributed by atoms with Gasteiger partial charge in [0.1, 0.15) is 5.56 Å². The standard InChI is InChI=1S/C27H24N4O3/c1-3-34-27(33)25-18-29-31(19(25)2)24-14-11-21(12-15-24)26(32)30-23-9-6-7-20(17-23)10-13-22-8-4-5-16-28-22/h4-18H,3H2,1-2H3,(H,30,32)/b13-10+. The monoisotopic (exact) mass is 452 g/mol. The number of benzene rings is 2. The second kappa shape index (κ2) is 10.4. The van der Waals surface area contributed by atoms with Crippen molar-refractivity contribution in [3.05, 3.63) is 107 Å². The van der Waals surface area contributed by atoms with Crippen molar-refractivity contribution in [2.45, 2.75) is 13.8 Å². The van der Waals surface area contributed by atoms with Crippen LogP contribution in [0.5, 0.6) is 0 Å². The highest BCUT2D eigenvalue weighted by Gasteiger charge is 2.16. The fraction of sp³-hybridized carbons (Fsp3) is 0.111. The molecule has 0 unspecified atom stereocenters. The largest absolute Gasteiger partial charge is 0.462 e. The van der Waals surface area contributed by atoms with Crippen LogP contribution in [0.15, 0.2) is 79.1 Å². The van der Waals surface area contributed by atoms with E-state index in [0.29, 0.717) is 29.1 Å². The molecule has 0 atom stereocenters. The fourth-order valence-corrected chi connectivity index (χ4v) is 3.41. The maximum Gasteiger partial charge on any atom is 0.341 e. The quantitative estimate of drug-likeness (QED) is 0.391.